The molecule has 0 aliphatic carbocycles. The van der Waals surface area contributed by atoms with Crippen LogP contribution in [-0.4, -0.2) is 27.7 Å². The van der Waals surface area contributed by atoms with E-state index in [-0.39, 0.29) is 29.1 Å². The number of benzene rings is 1. The van der Waals surface area contributed by atoms with Crippen LogP contribution in [0, 0.1) is 10.1 Å². The molecule has 0 saturated heterocycles. The van der Waals surface area contributed by atoms with E-state index in [0.717, 1.165) is 0 Å². The number of carbonyl (C=O) groups excluding carboxylic acids is 2. The van der Waals surface area contributed by atoms with E-state index in [2.05, 4.69) is 0 Å². The predicted molar refractivity (Wildman–Crippen MR) is 89.9 cm³/mol. The van der Waals surface area contributed by atoms with E-state index in [0.29, 0.717) is 5.52 Å². The standard InChI is InChI=1S/C18H14N2O5/c1-2-25-18(22)14-11-16(19-9-4-3-8-15(14)19)17(21)12-6-5-7-13(10-12)20(23)24/h3-11H,2H2,1H3. The molecule has 0 spiro atoms. The molecule has 0 N–H and O–H groups in total. The molecule has 3 rings (SSSR count). The lowest BCUT2D eigenvalue weighted by atomic mass is 10.1. The molecule has 0 saturated carbocycles. The number of ketones is 1. The summed E-state index contributed by atoms with van der Waals surface area (Å²) in [5.41, 5.74) is 1.05. The molecule has 7 heteroatoms. The second kappa shape index (κ2) is 6.56. The number of hydrogen-bond acceptors (Lipinski definition) is 5. The van der Waals surface area contributed by atoms with Crippen LogP contribution in [0.1, 0.15) is 33.3 Å². The van der Waals surface area contributed by atoms with Crippen LogP contribution in [-0.2, 0) is 4.74 Å². The molecular formula is C18H14N2O5. The van der Waals surface area contributed by atoms with Crippen molar-refractivity contribution in [3.05, 3.63) is 81.7 Å². The third-order valence-corrected chi connectivity index (χ3v) is 3.72. The first-order chi connectivity index (χ1) is 12.0. The number of ether oxygens (including phenoxy) is 1. The molecule has 0 atom stereocenters. The second-order valence-corrected chi connectivity index (χ2v) is 5.26. The van der Waals surface area contributed by atoms with Gasteiger partial charge in [-0.2, -0.15) is 0 Å². The zero-order valence-corrected chi connectivity index (χ0v) is 13.3. The molecule has 0 unspecified atom stereocenters. The number of nitrogens with zero attached hydrogens (tertiary/aromatic N) is 2. The zero-order chi connectivity index (χ0) is 18.0. The summed E-state index contributed by atoms with van der Waals surface area (Å²) in [4.78, 5) is 35.3. The van der Waals surface area contributed by atoms with Crippen molar-refractivity contribution in [3.63, 3.8) is 0 Å². The van der Waals surface area contributed by atoms with Gasteiger partial charge in [-0.05, 0) is 25.1 Å². The molecule has 0 aliphatic rings. The number of fused-ring (bicyclic) bond motifs is 1. The highest BCUT2D eigenvalue weighted by atomic mass is 16.6. The lowest BCUT2D eigenvalue weighted by Gasteiger charge is -2.02. The fraction of sp³-hybridized carbons (Fsp3) is 0.111. The second-order valence-electron chi connectivity index (χ2n) is 5.26. The van der Waals surface area contributed by atoms with Gasteiger partial charge in [0.1, 0.15) is 0 Å². The third-order valence-electron chi connectivity index (χ3n) is 3.72. The zero-order valence-electron chi connectivity index (χ0n) is 13.3. The number of rotatable bonds is 5. The maximum absolute atomic E-state index is 12.8. The normalized spacial score (nSPS) is 10.6. The van der Waals surface area contributed by atoms with E-state index in [4.69, 9.17) is 4.74 Å². The van der Waals surface area contributed by atoms with Crippen molar-refractivity contribution in [3.8, 4) is 0 Å². The molecule has 3 aromatic rings. The molecule has 0 bridgehead atoms. The van der Waals surface area contributed by atoms with Crippen LogP contribution in [0.4, 0.5) is 5.69 Å². The number of aromatic nitrogens is 1. The van der Waals surface area contributed by atoms with Gasteiger partial charge >= 0.3 is 5.97 Å². The summed E-state index contributed by atoms with van der Waals surface area (Å²) in [6.45, 7) is 1.92. The van der Waals surface area contributed by atoms with E-state index in [9.17, 15) is 19.7 Å². The molecule has 126 valence electrons. The van der Waals surface area contributed by atoms with Gasteiger partial charge in [-0.1, -0.05) is 18.2 Å². The molecule has 25 heavy (non-hydrogen) atoms. The lowest BCUT2D eigenvalue weighted by Crippen LogP contribution is -2.05. The van der Waals surface area contributed by atoms with Gasteiger partial charge in [-0.25, -0.2) is 4.79 Å². The van der Waals surface area contributed by atoms with E-state index < -0.39 is 16.7 Å². The minimum absolute atomic E-state index is 0.169. The Morgan fingerprint density at radius 2 is 1.96 bits per heavy atom. The molecule has 0 radical (unpaired) electrons. The molecule has 0 amide bonds. The highest BCUT2D eigenvalue weighted by molar-refractivity contribution is 6.11. The van der Waals surface area contributed by atoms with Crippen molar-refractivity contribution in [2.45, 2.75) is 6.92 Å². The molecule has 1 aromatic carbocycles. The Hall–Kier alpha value is -3.48. The molecular weight excluding hydrogens is 324 g/mol. The van der Waals surface area contributed by atoms with Gasteiger partial charge in [0.2, 0.25) is 5.78 Å². The van der Waals surface area contributed by atoms with Crippen LogP contribution < -0.4 is 0 Å². The lowest BCUT2D eigenvalue weighted by molar-refractivity contribution is -0.384. The number of esters is 1. The monoisotopic (exact) mass is 338 g/mol. The van der Waals surface area contributed by atoms with Gasteiger partial charge in [0.25, 0.3) is 5.69 Å². The summed E-state index contributed by atoms with van der Waals surface area (Å²) in [6, 6.07) is 12.1. The minimum atomic E-state index is -0.558. The Morgan fingerprint density at radius 1 is 1.16 bits per heavy atom. The fourth-order valence-corrected chi connectivity index (χ4v) is 2.61. The Kier molecular flexibility index (Phi) is 4.30. The average Bonchev–Trinajstić information content (AvgIpc) is 3.01. The SMILES string of the molecule is CCOC(=O)c1cc(C(=O)c2cccc([N+](=O)[O-])c2)n2ccccc12. The first-order valence-corrected chi connectivity index (χ1v) is 7.59. The summed E-state index contributed by atoms with van der Waals surface area (Å²) in [6.07, 6.45) is 1.66. The molecule has 2 aromatic heterocycles. The first-order valence-electron chi connectivity index (χ1n) is 7.59. The molecule has 0 aliphatic heterocycles. The Bertz CT molecular complexity index is 990. The highest BCUT2D eigenvalue weighted by Crippen LogP contribution is 2.22. The number of nitro benzene ring substituents is 1. The van der Waals surface area contributed by atoms with Crippen LogP contribution in [0.3, 0.4) is 0 Å². The van der Waals surface area contributed by atoms with E-state index in [1.165, 1.54) is 30.3 Å². The van der Waals surface area contributed by atoms with Crippen molar-refractivity contribution in [2.75, 3.05) is 6.61 Å². The first kappa shape index (κ1) is 16.4. The predicted octanol–water partition coefficient (Wildman–Crippen LogP) is 3.26. The van der Waals surface area contributed by atoms with Crippen molar-refractivity contribution >= 4 is 23.0 Å². The van der Waals surface area contributed by atoms with Crippen LogP contribution in [0.25, 0.3) is 5.52 Å². The smallest absolute Gasteiger partial charge is 0.340 e. The highest BCUT2D eigenvalue weighted by Gasteiger charge is 2.22. The van der Waals surface area contributed by atoms with E-state index in [1.54, 1.807) is 35.7 Å². The van der Waals surface area contributed by atoms with Crippen LogP contribution in [0.15, 0.2) is 54.7 Å². The van der Waals surface area contributed by atoms with Crippen molar-refractivity contribution in [1.82, 2.24) is 4.40 Å². The van der Waals surface area contributed by atoms with E-state index in [1.807, 2.05) is 0 Å². The Balaban J connectivity index is 2.12. The van der Waals surface area contributed by atoms with Crippen molar-refractivity contribution in [1.29, 1.82) is 0 Å². The van der Waals surface area contributed by atoms with Crippen molar-refractivity contribution < 1.29 is 19.2 Å². The summed E-state index contributed by atoms with van der Waals surface area (Å²) in [5.74, 6) is -0.940. The number of hydrogen-bond donors (Lipinski definition) is 0. The average molecular weight is 338 g/mol. The number of nitro groups is 1. The maximum Gasteiger partial charge on any atom is 0.340 e. The largest absolute Gasteiger partial charge is 0.462 e. The van der Waals surface area contributed by atoms with Gasteiger partial charge in [0.15, 0.2) is 0 Å². The van der Waals surface area contributed by atoms with Gasteiger partial charge in [-0.15, -0.1) is 0 Å². The fourth-order valence-electron chi connectivity index (χ4n) is 2.61. The molecule has 0 fully saturated rings. The molecule has 7 nitrogen and oxygen atoms in total. The van der Waals surface area contributed by atoms with E-state index >= 15 is 0 Å². The van der Waals surface area contributed by atoms with Gasteiger partial charge in [0.05, 0.1) is 28.3 Å². The summed E-state index contributed by atoms with van der Waals surface area (Å²) in [7, 11) is 0. The van der Waals surface area contributed by atoms with Crippen LogP contribution in [0.2, 0.25) is 0 Å². The quantitative estimate of drug-likeness (QED) is 0.308. The number of carbonyl (C=O) groups is 2. The van der Waals surface area contributed by atoms with Gasteiger partial charge in [0, 0.05) is 23.9 Å². The topological polar surface area (TPSA) is 90.9 Å². The summed E-state index contributed by atoms with van der Waals surface area (Å²) in [5, 5.41) is 10.9. The Labute approximate surface area is 142 Å². The Morgan fingerprint density at radius 3 is 2.68 bits per heavy atom. The number of pyridine rings is 1. The number of non-ortho nitro benzene ring substituents is 1. The summed E-state index contributed by atoms with van der Waals surface area (Å²) < 4.78 is 6.61. The van der Waals surface area contributed by atoms with Gasteiger partial charge in [-0.3, -0.25) is 14.9 Å². The maximum atomic E-state index is 12.8. The molecule has 2 heterocycles. The minimum Gasteiger partial charge on any atom is -0.462 e. The van der Waals surface area contributed by atoms with Crippen LogP contribution in [0.5, 0.6) is 0 Å². The van der Waals surface area contributed by atoms with Crippen LogP contribution >= 0.6 is 0 Å². The van der Waals surface area contributed by atoms with Gasteiger partial charge < -0.3 is 9.14 Å². The van der Waals surface area contributed by atoms with Crippen molar-refractivity contribution in [2.24, 2.45) is 0 Å². The third kappa shape index (κ3) is 2.99. The summed E-state index contributed by atoms with van der Waals surface area (Å²) >= 11 is 0.